The van der Waals surface area contributed by atoms with Crippen molar-refractivity contribution in [2.45, 2.75) is 19.8 Å². The van der Waals surface area contributed by atoms with Crippen LogP contribution in [0.1, 0.15) is 19.8 Å². The maximum absolute atomic E-state index is 4.71. The van der Waals surface area contributed by atoms with Gasteiger partial charge in [-0.05, 0) is 13.0 Å². The SMILES string of the molecule is [CH2-]N(CCCC)C(=S)[S-].[Li+].[Li+]. The first kappa shape index (κ1) is 18.2. The zero-order chi connectivity index (χ0) is 7.28. The Labute approximate surface area is 104 Å². The molecule has 5 heteroatoms. The summed E-state index contributed by atoms with van der Waals surface area (Å²) in [6.07, 6.45) is 2.27. The average Bonchev–Trinajstić information content (AvgIpc) is 1.82. The Morgan fingerprint density at radius 3 is 2.27 bits per heavy atom. The van der Waals surface area contributed by atoms with Crippen LogP contribution >= 0.6 is 12.2 Å². The molecule has 0 aliphatic rings. The summed E-state index contributed by atoms with van der Waals surface area (Å²) in [6.45, 7) is 3.01. The van der Waals surface area contributed by atoms with Crippen LogP contribution in [0, 0.1) is 7.05 Å². The van der Waals surface area contributed by atoms with Gasteiger partial charge in [0.15, 0.2) is 0 Å². The van der Waals surface area contributed by atoms with Gasteiger partial charge in [-0.25, -0.2) is 0 Å². The van der Waals surface area contributed by atoms with Crippen molar-refractivity contribution in [3.63, 3.8) is 0 Å². The molecule has 0 saturated heterocycles. The Morgan fingerprint density at radius 2 is 2.00 bits per heavy atom. The van der Waals surface area contributed by atoms with Gasteiger partial charge in [-0.3, -0.25) is 7.05 Å². The van der Waals surface area contributed by atoms with Gasteiger partial charge in [-0.1, -0.05) is 17.7 Å². The van der Waals surface area contributed by atoms with Gasteiger partial charge < -0.3 is 29.7 Å². The van der Waals surface area contributed by atoms with Gasteiger partial charge >= 0.3 is 37.7 Å². The van der Waals surface area contributed by atoms with E-state index in [0.29, 0.717) is 4.32 Å². The van der Waals surface area contributed by atoms with Crippen LogP contribution in [0.2, 0.25) is 0 Å². The molecule has 0 spiro atoms. The van der Waals surface area contributed by atoms with Crippen LogP contribution in [0.5, 0.6) is 0 Å². The van der Waals surface area contributed by atoms with Crippen molar-refractivity contribution in [1.82, 2.24) is 4.90 Å². The average molecular weight is 175 g/mol. The number of rotatable bonds is 3. The topological polar surface area (TPSA) is 3.24 Å². The van der Waals surface area contributed by atoms with Crippen LogP contribution in [-0.4, -0.2) is 15.8 Å². The third kappa shape index (κ3) is 11.3. The van der Waals surface area contributed by atoms with Crippen LogP contribution < -0.4 is 37.7 Å². The predicted octanol–water partition coefficient (Wildman–Crippen LogP) is -4.28. The third-order valence-corrected chi connectivity index (χ3v) is 1.56. The number of unbranched alkanes of at least 4 members (excludes halogenated alkanes) is 1. The molecule has 0 heterocycles. The van der Waals surface area contributed by atoms with Crippen LogP contribution in [0.15, 0.2) is 0 Å². The zero-order valence-electron chi connectivity index (χ0n) is 7.59. The van der Waals surface area contributed by atoms with Gasteiger partial charge in [-0.15, -0.1) is 0 Å². The first-order chi connectivity index (χ1) is 4.18. The van der Waals surface area contributed by atoms with Crippen molar-refractivity contribution >= 4 is 29.2 Å². The van der Waals surface area contributed by atoms with E-state index < -0.39 is 0 Å². The van der Waals surface area contributed by atoms with Gasteiger partial charge in [0.05, 0.1) is 0 Å². The molecule has 0 aromatic carbocycles. The minimum atomic E-state index is 0. The molecule has 0 aromatic rings. The Hall–Kier alpha value is 1.30. The number of thiocarbonyl (C=S) groups is 1. The molecule has 0 bridgehead atoms. The largest absolute Gasteiger partial charge is 1.00 e. The van der Waals surface area contributed by atoms with Crippen LogP contribution in [-0.2, 0) is 12.6 Å². The summed E-state index contributed by atoms with van der Waals surface area (Å²) in [5.74, 6) is 0. The van der Waals surface area contributed by atoms with E-state index in [0.717, 1.165) is 19.4 Å². The molecule has 0 unspecified atom stereocenters. The molecule has 0 radical (unpaired) electrons. The Morgan fingerprint density at radius 1 is 1.55 bits per heavy atom. The van der Waals surface area contributed by atoms with Crippen molar-refractivity contribution in [3.05, 3.63) is 7.05 Å². The molecule has 0 N–H and O–H groups in total. The van der Waals surface area contributed by atoms with E-state index in [1.165, 1.54) is 0 Å². The monoisotopic (exact) mass is 175 g/mol. The van der Waals surface area contributed by atoms with Gasteiger partial charge in [0.25, 0.3) is 0 Å². The maximum Gasteiger partial charge on any atom is 1.00 e. The van der Waals surface area contributed by atoms with Crippen molar-refractivity contribution in [1.29, 1.82) is 0 Å². The summed E-state index contributed by atoms with van der Waals surface area (Å²) in [5, 5.41) is 0. The summed E-state index contributed by atoms with van der Waals surface area (Å²) in [4.78, 5) is 1.67. The summed E-state index contributed by atoms with van der Waals surface area (Å²) in [5.41, 5.74) is 0. The predicted molar refractivity (Wildman–Crippen MR) is 46.9 cm³/mol. The quantitative estimate of drug-likeness (QED) is 0.185. The summed E-state index contributed by atoms with van der Waals surface area (Å²) in [6, 6.07) is 0. The minimum Gasteiger partial charge on any atom is -0.541 e. The first-order valence-electron chi connectivity index (χ1n) is 2.97. The number of hydrogen-bond acceptors (Lipinski definition) is 2. The van der Waals surface area contributed by atoms with Gasteiger partial charge in [0.1, 0.15) is 0 Å². The molecule has 0 aliphatic heterocycles. The third-order valence-electron chi connectivity index (χ3n) is 1.04. The van der Waals surface area contributed by atoms with E-state index in [-0.39, 0.29) is 37.7 Å². The van der Waals surface area contributed by atoms with Crippen molar-refractivity contribution in [3.8, 4) is 0 Å². The Bertz CT molecular complexity index is 101. The van der Waals surface area contributed by atoms with E-state index in [9.17, 15) is 0 Å². The molecule has 0 aromatic heterocycles. The zero-order valence-corrected chi connectivity index (χ0v) is 9.23. The number of hydrogen-bond donors (Lipinski definition) is 0. The first-order valence-corrected chi connectivity index (χ1v) is 3.79. The van der Waals surface area contributed by atoms with E-state index in [1.54, 1.807) is 4.90 Å². The fraction of sp³-hybridized carbons (Fsp3) is 0.667. The fourth-order valence-electron chi connectivity index (χ4n) is 0.440. The Kier molecular flexibility index (Phi) is 18.7. The summed E-state index contributed by atoms with van der Waals surface area (Å²) in [7, 11) is 3.66. The molecule has 54 valence electrons. The second-order valence-corrected chi connectivity index (χ2v) is 2.91. The van der Waals surface area contributed by atoms with Crippen LogP contribution in [0.25, 0.3) is 0 Å². The molecule has 11 heavy (non-hydrogen) atoms. The molecule has 1 nitrogen and oxygen atoms in total. The van der Waals surface area contributed by atoms with Crippen molar-refractivity contribution < 1.29 is 37.7 Å². The molecular weight excluding hydrogens is 164 g/mol. The van der Waals surface area contributed by atoms with Gasteiger partial charge in [0.2, 0.25) is 0 Å². The molecule has 0 amide bonds. The second-order valence-electron chi connectivity index (χ2n) is 1.88. The summed E-state index contributed by atoms with van der Waals surface area (Å²) >= 11 is 9.42. The van der Waals surface area contributed by atoms with E-state index in [2.05, 4.69) is 14.0 Å². The van der Waals surface area contributed by atoms with Gasteiger partial charge in [0, 0.05) is 0 Å². The molecule has 0 aliphatic carbocycles. The fourth-order valence-corrected chi connectivity index (χ4v) is 0.623. The minimum absolute atomic E-state index is 0. The second kappa shape index (κ2) is 11.3. The van der Waals surface area contributed by atoms with E-state index in [1.807, 2.05) is 0 Å². The van der Waals surface area contributed by atoms with Crippen molar-refractivity contribution in [2.24, 2.45) is 0 Å². The molecule has 0 fully saturated rings. The maximum atomic E-state index is 4.71. The number of nitrogens with zero attached hydrogens (tertiary/aromatic N) is 1. The molecule has 0 rings (SSSR count). The molecular formula is C6H11Li2NS2. The van der Waals surface area contributed by atoms with E-state index in [4.69, 9.17) is 24.8 Å². The molecule has 0 saturated carbocycles. The van der Waals surface area contributed by atoms with Gasteiger partial charge in [-0.2, -0.15) is 0 Å². The van der Waals surface area contributed by atoms with Crippen LogP contribution in [0.3, 0.4) is 0 Å². The molecule has 0 atom stereocenters. The van der Waals surface area contributed by atoms with E-state index >= 15 is 0 Å². The standard InChI is InChI=1S/C6H12NS2.2Li/c1-3-4-5-7(2)6(8)9;;/h2-5H2,1H3,(H,8,9);;/q-1;2*+1/p-1. The normalized spacial score (nSPS) is 7.45. The smallest absolute Gasteiger partial charge is 0.541 e. The van der Waals surface area contributed by atoms with Crippen LogP contribution in [0.4, 0.5) is 0 Å². The summed E-state index contributed by atoms with van der Waals surface area (Å²) < 4.78 is 0.462. The Balaban J connectivity index is -0.000000320. The van der Waals surface area contributed by atoms with Crippen molar-refractivity contribution in [2.75, 3.05) is 6.54 Å².